The van der Waals surface area contributed by atoms with E-state index >= 15 is 0 Å². The molecule has 0 bridgehead atoms. The van der Waals surface area contributed by atoms with Gasteiger partial charge >= 0.3 is 0 Å². The highest BCUT2D eigenvalue weighted by atomic mass is 19.1. The van der Waals surface area contributed by atoms with Gasteiger partial charge < -0.3 is 20.1 Å². The minimum absolute atomic E-state index is 0.206. The molecule has 0 aromatic heterocycles. The number of hydrogen-bond acceptors (Lipinski definition) is 4. The summed E-state index contributed by atoms with van der Waals surface area (Å²) in [5.41, 5.74) is 0.450. The van der Waals surface area contributed by atoms with Gasteiger partial charge in [-0.3, -0.25) is 9.59 Å². The summed E-state index contributed by atoms with van der Waals surface area (Å²) < 4.78 is 23.4. The maximum Gasteiger partial charge on any atom is 0.258 e. The molecule has 2 rings (SSSR count). The average Bonchev–Trinajstić information content (AvgIpc) is 2.61. The Bertz CT molecular complexity index is 702. The summed E-state index contributed by atoms with van der Waals surface area (Å²) in [6, 6.07) is 12.2. The van der Waals surface area contributed by atoms with Gasteiger partial charge in [-0.25, -0.2) is 4.39 Å². The Kier molecular flexibility index (Phi) is 6.76. The fourth-order valence-electron chi connectivity index (χ4n) is 1.92. The molecule has 2 aromatic rings. The van der Waals surface area contributed by atoms with Gasteiger partial charge in [-0.15, -0.1) is 0 Å². The van der Waals surface area contributed by atoms with Gasteiger partial charge in [0, 0.05) is 5.69 Å². The third kappa shape index (κ3) is 6.50. The maximum atomic E-state index is 12.8. The summed E-state index contributed by atoms with van der Waals surface area (Å²) in [6.45, 7) is 2.05. The number of carbonyl (C=O) groups is 2. The molecule has 7 heteroatoms. The highest BCUT2D eigenvalue weighted by Crippen LogP contribution is 2.17. The van der Waals surface area contributed by atoms with Gasteiger partial charge in [-0.1, -0.05) is 0 Å². The lowest BCUT2D eigenvalue weighted by molar-refractivity contribution is -0.125. The number of halogens is 1. The first-order valence-electron chi connectivity index (χ1n) is 7.74. The zero-order valence-corrected chi connectivity index (χ0v) is 13.8. The quantitative estimate of drug-likeness (QED) is 0.769. The fraction of sp³-hybridized carbons (Fsp3) is 0.222. The van der Waals surface area contributed by atoms with E-state index in [1.54, 1.807) is 24.3 Å². The van der Waals surface area contributed by atoms with E-state index < -0.39 is 17.6 Å². The molecule has 0 saturated heterocycles. The second-order valence-corrected chi connectivity index (χ2v) is 5.02. The van der Waals surface area contributed by atoms with Gasteiger partial charge in [0.2, 0.25) is 5.91 Å². The summed E-state index contributed by atoms with van der Waals surface area (Å²) >= 11 is 0. The third-order valence-electron chi connectivity index (χ3n) is 3.08. The molecule has 25 heavy (non-hydrogen) atoms. The van der Waals surface area contributed by atoms with Crippen LogP contribution in [0.4, 0.5) is 10.1 Å². The first-order valence-corrected chi connectivity index (χ1v) is 7.74. The summed E-state index contributed by atoms with van der Waals surface area (Å²) in [4.78, 5) is 23.4. The van der Waals surface area contributed by atoms with Gasteiger partial charge in [-0.05, 0) is 55.5 Å². The van der Waals surface area contributed by atoms with Crippen LogP contribution in [0.25, 0.3) is 0 Å². The number of amides is 2. The Hall–Kier alpha value is -3.09. The van der Waals surface area contributed by atoms with E-state index in [0.717, 1.165) is 5.75 Å². The van der Waals surface area contributed by atoms with E-state index in [0.29, 0.717) is 18.0 Å². The van der Waals surface area contributed by atoms with Crippen molar-refractivity contribution < 1.29 is 23.5 Å². The van der Waals surface area contributed by atoms with Crippen molar-refractivity contribution in [3.63, 3.8) is 0 Å². The van der Waals surface area contributed by atoms with Crippen molar-refractivity contribution >= 4 is 17.5 Å². The molecule has 0 heterocycles. The largest absolute Gasteiger partial charge is 0.494 e. The third-order valence-corrected chi connectivity index (χ3v) is 3.08. The van der Waals surface area contributed by atoms with E-state index in [1.807, 2.05) is 6.92 Å². The van der Waals surface area contributed by atoms with Crippen LogP contribution >= 0.6 is 0 Å². The molecule has 0 radical (unpaired) electrons. The Labute approximate surface area is 144 Å². The molecule has 0 unspecified atom stereocenters. The standard InChI is InChI=1S/C18H19FN2O4/c1-2-24-15-7-9-16(10-8-15)25-12-18(23)20-11-17(22)21-14-5-3-13(19)4-6-14/h3-10H,2,11-12H2,1H3,(H,20,23)(H,21,22). The van der Waals surface area contributed by atoms with Crippen LogP contribution in [0.3, 0.4) is 0 Å². The Morgan fingerprint density at radius 3 is 2.12 bits per heavy atom. The average molecular weight is 346 g/mol. The molecule has 0 aliphatic carbocycles. The second kappa shape index (κ2) is 9.27. The van der Waals surface area contributed by atoms with Crippen molar-refractivity contribution in [2.24, 2.45) is 0 Å². The van der Waals surface area contributed by atoms with Crippen LogP contribution < -0.4 is 20.1 Å². The van der Waals surface area contributed by atoms with Crippen molar-refractivity contribution in [3.8, 4) is 11.5 Å². The van der Waals surface area contributed by atoms with Gasteiger partial charge in [-0.2, -0.15) is 0 Å². The molecular weight excluding hydrogens is 327 g/mol. The van der Waals surface area contributed by atoms with Crippen molar-refractivity contribution in [1.29, 1.82) is 0 Å². The molecule has 0 atom stereocenters. The Balaban J connectivity index is 1.69. The van der Waals surface area contributed by atoms with Crippen LogP contribution in [0.2, 0.25) is 0 Å². The van der Waals surface area contributed by atoms with Crippen LogP contribution in [-0.2, 0) is 9.59 Å². The number of ether oxygens (including phenoxy) is 2. The summed E-state index contributed by atoms with van der Waals surface area (Å²) in [6.07, 6.45) is 0. The Morgan fingerprint density at radius 1 is 0.920 bits per heavy atom. The normalized spacial score (nSPS) is 10.0. The first kappa shape index (κ1) is 18.3. The van der Waals surface area contributed by atoms with Crippen molar-refractivity contribution in [3.05, 3.63) is 54.3 Å². The fourth-order valence-corrected chi connectivity index (χ4v) is 1.92. The molecule has 132 valence electrons. The van der Waals surface area contributed by atoms with Crippen LogP contribution in [0, 0.1) is 5.82 Å². The van der Waals surface area contributed by atoms with E-state index in [4.69, 9.17) is 9.47 Å². The molecule has 0 fully saturated rings. The van der Waals surface area contributed by atoms with E-state index in [1.165, 1.54) is 24.3 Å². The van der Waals surface area contributed by atoms with Gasteiger partial charge in [0.05, 0.1) is 13.2 Å². The molecule has 6 nitrogen and oxygen atoms in total. The molecule has 2 aromatic carbocycles. The van der Waals surface area contributed by atoms with Crippen molar-refractivity contribution in [2.75, 3.05) is 25.1 Å². The molecule has 2 amide bonds. The van der Waals surface area contributed by atoms with Crippen molar-refractivity contribution in [1.82, 2.24) is 5.32 Å². The van der Waals surface area contributed by atoms with Crippen LogP contribution in [0.1, 0.15) is 6.92 Å². The molecule has 0 aliphatic heterocycles. The van der Waals surface area contributed by atoms with Gasteiger partial charge in [0.25, 0.3) is 5.91 Å². The smallest absolute Gasteiger partial charge is 0.258 e. The zero-order chi connectivity index (χ0) is 18.1. The SMILES string of the molecule is CCOc1ccc(OCC(=O)NCC(=O)Nc2ccc(F)cc2)cc1. The van der Waals surface area contributed by atoms with Crippen LogP contribution in [0.15, 0.2) is 48.5 Å². The van der Waals surface area contributed by atoms with Crippen LogP contribution in [0.5, 0.6) is 11.5 Å². The second-order valence-electron chi connectivity index (χ2n) is 5.02. The predicted molar refractivity (Wildman–Crippen MR) is 91.1 cm³/mol. The van der Waals surface area contributed by atoms with Crippen LogP contribution in [-0.4, -0.2) is 31.6 Å². The number of nitrogens with one attached hydrogen (secondary N) is 2. The molecular formula is C18H19FN2O4. The molecule has 0 aliphatic rings. The highest BCUT2D eigenvalue weighted by molar-refractivity contribution is 5.94. The number of rotatable bonds is 8. The monoisotopic (exact) mass is 346 g/mol. The number of hydrogen-bond donors (Lipinski definition) is 2. The summed E-state index contributed by atoms with van der Waals surface area (Å²) in [7, 11) is 0. The lowest BCUT2D eigenvalue weighted by Gasteiger charge is -2.09. The first-order chi connectivity index (χ1) is 12.1. The molecule has 2 N–H and O–H groups in total. The maximum absolute atomic E-state index is 12.8. The topological polar surface area (TPSA) is 76.7 Å². The van der Waals surface area contributed by atoms with Crippen molar-refractivity contribution in [2.45, 2.75) is 6.92 Å². The van der Waals surface area contributed by atoms with E-state index in [2.05, 4.69) is 10.6 Å². The number of anilines is 1. The number of benzene rings is 2. The predicted octanol–water partition coefficient (Wildman–Crippen LogP) is 2.36. The van der Waals surface area contributed by atoms with Gasteiger partial charge in [0.1, 0.15) is 17.3 Å². The minimum atomic E-state index is -0.428. The highest BCUT2D eigenvalue weighted by Gasteiger charge is 2.07. The molecule has 0 saturated carbocycles. The van der Waals surface area contributed by atoms with E-state index in [9.17, 15) is 14.0 Å². The zero-order valence-electron chi connectivity index (χ0n) is 13.8. The Morgan fingerprint density at radius 2 is 1.52 bits per heavy atom. The van der Waals surface area contributed by atoms with Gasteiger partial charge in [0.15, 0.2) is 6.61 Å². The minimum Gasteiger partial charge on any atom is -0.494 e. The summed E-state index contributed by atoms with van der Waals surface area (Å²) in [5.74, 6) is 0.00744. The van der Waals surface area contributed by atoms with E-state index in [-0.39, 0.29) is 13.2 Å². The summed E-state index contributed by atoms with van der Waals surface area (Å²) in [5, 5.41) is 4.98. The molecule has 0 spiro atoms. The lowest BCUT2D eigenvalue weighted by Crippen LogP contribution is -2.35. The number of carbonyl (C=O) groups excluding carboxylic acids is 2. The lowest BCUT2D eigenvalue weighted by atomic mass is 10.3.